The standard InChI is InChI=1S/C29H28N2O7/c32-26(31-29(36)37-17-19-9-2-1-3-10-19)16-8-15-25(27(33)34)30-28(35)38-18-24-22-13-6-4-11-20(22)21-12-5-7-14-23(21)24/h1-7,9-14,24-25H,8,15-18H2,(H,30,35)(H,33,34)(H,31,32,36)/t25-/m0/s1. The van der Waals surface area contributed by atoms with E-state index in [9.17, 15) is 24.3 Å². The van der Waals surface area contributed by atoms with Crippen molar-refractivity contribution in [1.82, 2.24) is 10.6 Å². The first-order chi connectivity index (χ1) is 18.4. The molecule has 1 aliphatic rings. The Morgan fingerprint density at radius 3 is 2.03 bits per heavy atom. The number of aliphatic carboxylic acids is 1. The number of amides is 3. The number of rotatable bonds is 10. The molecule has 0 radical (unpaired) electrons. The van der Waals surface area contributed by atoms with E-state index in [1.165, 1.54) is 0 Å². The summed E-state index contributed by atoms with van der Waals surface area (Å²) in [7, 11) is 0. The first-order valence-corrected chi connectivity index (χ1v) is 12.3. The van der Waals surface area contributed by atoms with Gasteiger partial charge in [-0.2, -0.15) is 0 Å². The van der Waals surface area contributed by atoms with Gasteiger partial charge in [-0.15, -0.1) is 0 Å². The molecule has 3 N–H and O–H groups in total. The van der Waals surface area contributed by atoms with Crippen LogP contribution in [0.25, 0.3) is 11.1 Å². The molecule has 0 saturated carbocycles. The summed E-state index contributed by atoms with van der Waals surface area (Å²) in [4.78, 5) is 47.9. The number of imide groups is 1. The van der Waals surface area contributed by atoms with E-state index in [1.54, 1.807) is 24.3 Å². The normalized spacial score (nSPS) is 12.5. The van der Waals surface area contributed by atoms with Gasteiger partial charge in [-0.1, -0.05) is 78.9 Å². The Morgan fingerprint density at radius 1 is 0.789 bits per heavy atom. The predicted octanol–water partition coefficient (Wildman–Crippen LogP) is 4.60. The fourth-order valence-corrected chi connectivity index (χ4v) is 4.44. The minimum atomic E-state index is -1.25. The van der Waals surface area contributed by atoms with Crippen molar-refractivity contribution in [3.05, 3.63) is 95.6 Å². The lowest BCUT2D eigenvalue weighted by atomic mass is 9.98. The van der Waals surface area contributed by atoms with Gasteiger partial charge in [0.15, 0.2) is 0 Å². The van der Waals surface area contributed by atoms with Crippen molar-refractivity contribution in [2.24, 2.45) is 0 Å². The van der Waals surface area contributed by atoms with Crippen LogP contribution < -0.4 is 10.6 Å². The summed E-state index contributed by atoms with van der Waals surface area (Å²) in [5.74, 6) is -2.00. The quantitative estimate of drug-likeness (QED) is 0.359. The largest absolute Gasteiger partial charge is 0.480 e. The van der Waals surface area contributed by atoms with Crippen LogP contribution in [0.1, 0.15) is 41.9 Å². The molecule has 9 heteroatoms. The second-order valence-corrected chi connectivity index (χ2v) is 8.86. The van der Waals surface area contributed by atoms with Gasteiger partial charge in [-0.3, -0.25) is 10.1 Å². The highest BCUT2D eigenvalue weighted by Crippen LogP contribution is 2.44. The molecule has 9 nitrogen and oxygen atoms in total. The number of ether oxygens (including phenoxy) is 2. The molecule has 4 rings (SSSR count). The maximum absolute atomic E-state index is 12.4. The maximum Gasteiger partial charge on any atom is 0.414 e. The van der Waals surface area contributed by atoms with Crippen LogP contribution in [0.15, 0.2) is 78.9 Å². The molecule has 3 amide bonds. The Morgan fingerprint density at radius 2 is 1.39 bits per heavy atom. The SMILES string of the molecule is O=C(CCC[C@H](NC(=O)OCC1c2ccccc2-c2ccccc21)C(=O)O)NC(=O)OCc1ccccc1. The lowest BCUT2D eigenvalue weighted by Gasteiger charge is -2.17. The Kier molecular flexibility index (Phi) is 8.71. The second-order valence-electron chi connectivity index (χ2n) is 8.86. The average molecular weight is 517 g/mol. The van der Waals surface area contributed by atoms with Crippen molar-refractivity contribution >= 4 is 24.1 Å². The molecular weight excluding hydrogens is 488 g/mol. The monoisotopic (exact) mass is 516 g/mol. The predicted molar refractivity (Wildman–Crippen MR) is 138 cm³/mol. The van der Waals surface area contributed by atoms with Gasteiger partial charge in [0.05, 0.1) is 0 Å². The molecule has 196 valence electrons. The van der Waals surface area contributed by atoms with E-state index in [0.29, 0.717) is 0 Å². The van der Waals surface area contributed by atoms with Crippen molar-refractivity contribution in [1.29, 1.82) is 0 Å². The van der Waals surface area contributed by atoms with E-state index in [1.807, 2.05) is 54.6 Å². The topological polar surface area (TPSA) is 131 Å². The van der Waals surface area contributed by atoms with E-state index in [0.717, 1.165) is 27.8 Å². The highest BCUT2D eigenvalue weighted by molar-refractivity contribution is 5.91. The molecule has 3 aromatic carbocycles. The minimum Gasteiger partial charge on any atom is -0.480 e. The lowest BCUT2D eigenvalue weighted by Crippen LogP contribution is -2.41. The molecule has 0 unspecified atom stereocenters. The molecule has 3 aromatic rings. The third-order valence-corrected chi connectivity index (χ3v) is 6.28. The number of hydrogen-bond donors (Lipinski definition) is 3. The Hall–Kier alpha value is -4.66. The lowest BCUT2D eigenvalue weighted by molar-refractivity contribution is -0.139. The van der Waals surface area contributed by atoms with Gasteiger partial charge in [0.1, 0.15) is 19.3 Å². The zero-order valence-corrected chi connectivity index (χ0v) is 20.6. The van der Waals surface area contributed by atoms with Crippen molar-refractivity contribution in [2.75, 3.05) is 6.61 Å². The molecule has 38 heavy (non-hydrogen) atoms. The number of carbonyl (C=O) groups is 4. The number of carboxylic acids is 1. The number of hydrogen-bond acceptors (Lipinski definition) is 6. The number of fused-ring (bicyclic) bond motifs is 3. The van der Waals surface area contributed by atoms with Crippen LogP contribution in [0.2, 0.25) is 0 Å². The number of carboxylic acid groups (broad SMARTS) is 1. The molecule has 1 atom stereocenters. The van der Waals surface area contributed by atoms with Crippen LogP contribution in [0.5, 0.6) is 0 Å². The maximum atomic E-state index is 12.4. The third-order valence-electron chi connectivity index (χ3n) is 6.28. The van der Waals surface area contributed by atoms with Crippen LogP contribution in [-0.4, -0.2) is 41.8 Å². The van der Waals surface area contributed by atoms with Crippen LogP contribution >= 0.6 is 0 Å². The summed E-state index contributed by atoms with van der Waals surface area (Å²) in [5.41, 5.74) is 5.04. The molecule has 0 heterocycles. The highest BCUT2D eigenvalue weighted by Gasteiger charge is 2.29. The zero-order chi connectivity index (χ0) is 26.9. The third kappa shape index (κ3) is 6.76. The highest BCUT2D eigenvalue weighted by atomic mass is 16.6. The number of carbonyl (C=O) groups excluding carboxylic acids is 3. The Bertz CT molecular complexity index is 1260. The van der Waals surface area contributed by atoms with Crippen LogP contribution in [-0.2, 0) is 25.7 Å². The minimum absolute atomic E-state index is 0.0189. The van der Waals surface area contributed by atoms with Crippen LogP contribution in [0, 0.1) is 0 Å². The van der Waals surface area contributed by atoms with E-state index in [-0.39, 0.29) is 38.4 Å². The van der Waals surface area contributed by atoms with E-state index >= 15 is 0 Å². The van der Waals surface area contributed by atoms with Crippen molar-refractivity contribution in [2.45, 2.75) is 37.8 Å². The van der Waals surface area contributed by atoms with Gasteiger partial charge in [0.25, 0.3) is 0 Å². The summed E-state index contributed by atoms with van der Waals surface area (Å²) in [6, 6.07) is 23.5. The number of alkyl carbamates (subject to hydrolysis) is 2. The first-order valence-electron chi connectivity index (χ1n) is 12.3. The van der Waals surface area contributed by atoms with Crippen LogP contribution in [0.3, 0.4) is 0 Å². The van der Waals surface area contributed by atoms with E-state index < -0.39 is 30.1 Å². The molecule has 0 spiro atoms. The smallest absolute Gasteiger partial charge is 0.414 e. The summed E-state index contributed by atoms with van der Waals surface area (Å²) in [5, 5.41) is 14.0. The Labute approximate surface area is 219 Å². The summed E-state index contributed by atoms with van der Waals surface area (Å²) in [6.45, 7) is 0.0742. The Balaban J connectivity index is 1.21. The molecule has 0 saturated heterocycles. The first kappa shape index (κ1) is 26.4. The summed E-state index contributed by atoms with van der Waals surface area (Å²) < 4.78 is 10.4. The van der Waals surface area contributed by atoms with Crippen LogP contribution in [0.4, 0.5) is 9.59 Å². The van der Waals surface area contributed by atoms with Gasteiger partial charge in [0, 0.05) is 12.3 Å². The van der Waals surface area contributed by atoms with Gasteiger partial charge in [-0.25, -0.2) is 14.4 Å². The van der Waals surface area contributed by atoms with Crippen molar-refractivity contribution in [3.63, 3.8) is 0 Å². The molecule has 1 aliphatic carbocycles. The van der Waals surface area contributed by atoms with Crippen molar-refractivity contribution < 1.29 is 33.8 Å². The van der Waals surface area contributed by atoms with Gasteiger partial charge in [-0.05, 0) is 40.7 Å². The molecule has 0 fully saturated rings. The molecule has 0 aromatic heterocycles. The second kappa shape index (κ2) is 12.5. The number of nitrogens with one attached hydrogen (secondary N) is 2. The molecule has 0 aliphatic heterocycles. The zero-order valence-electron chi connectivity index (χ0n) is 20.6. The van der Waals surface area contributed by atoms with Gasteiger partial charge >= 0.3 is 18.2 Å². The number of benzene rings is 3. The summed E-state index contributed by atoms with van der Waals surface area (Å²) in [6.07, 6.45) is -1.75. The van der Waals surface area contributed by atoms with Gasteiger partial charge in [0.2, 0.25) is 5.91 Å². The van der Waals surface area contributed by atoms with E-state index in [4.69, 9.17) is 9.47 Å². The van der Waals surface area contributed by atoms with Gasteiger partial charge < -0.3 is 19.9 Å². The molecule has 0 bridgehead atoms. The fourth-order valence-electron chi connectivity index (χ4n) is 4.44. The fraction of sp³-hybridized carbons (Fsp3) is 0.241. The van der Waals surface area contributed by atoms with Crippen molar-refractivity contribution in [3.8, 4) is 11.1 Å². The average Bonchev–Trinajstić information content (AvgIpc) is 3.24. The summed E-state index contributed by atoms with van der Waals surface area (Å²) >= 11 is 0. The van der Waals surface area contributed by atoms with E-state index in [2.05, 4.69) is 10.6 Å². The molecular formula is C29H28N2O7.